The molecule has 1 aromatic heterocycles. The zero-order valence-electron chi connectivity index (χ0n) is 15.6. The molecule has 4 heteroatoms. The predicted octanol–water partition coefficient (Wildman–Crippen LogP) is 5.52. The maximum Gasteiger partial charge on any atom is 0.198 e. The van der Waals surface area contributed by atoms with Crippen molar-refractivity contribution >= 4 is 17.5 Å². The van der Waals surface area contributed by atoms with Gasteiger partial charge in [-0.25, -0.2) is 0 Å². The van der Waals surface area contributed by atoms with Gasteiger partial charge < -0.3 is 4.52 Å². The van der Waals surface area contributed by atoms with E-state index in [4.69, 9.17) is 4.52 Å². The third kappa shape index (κ3) is 3.75. The third-order valence-corrected chi connectivity index (χ3v) is 5.17. The van der Waals surface area contributed by atoms with Crippen molar-refractivity contribution in [2.24, 2.45) is 0 Å². The Morgan fingerprint density at radius 1 is 1.00 bits per heavy atom. The molecule has 3 rings (SSSR count). The lowest BCUT2D eigenvalue weighted by molar-refractivity contribution is 0.103. The molecule has 0 fully saturated rings. The normalized spacial score (nSPS) is 11.5. The maximum atomic E-state index is 13.2. The molecule has 0 unspecified atom stereocenters. The van der Waals surface area contributed by atoms with Crippen molar-refractivity contribution in [2.75, 3.05) is 6.26 Å². The van der Waals surface area contributed by atoms with Crippen LogP contribution in [-0.2, 0) is 11.8 Å². The first kappa shape index (κ1) is 18.5. The van der Waals surface area contributed by atoms with E-state index in [1.165, 1.54) is 16.7 Å². The number of nitrogens with zero attached hydrogens (tertiary/aromatic N) is 1. The summed E-state index contributed by atoms with van der Waals surface area (Å²) < 4.78 is 5.39. The Kier molecular flexibility index (Phi) is 5.33. The van der Waals surface area contributed by atoms with E-state index in [1.54, 1.807) is 11.8 Å². The van der Waals surface area contributed by atoms with E-state index < -0.39 is 0 Å². The van der Waals surface area contributed by atoms with Gasteiger partial charge in [-0.15, -0.1) is 11.8 Å². The fourth-order valence-electron chi connectivity index (χ4n) is 3.04. The largest absolute Gasteiger partial charge is 0.360 e. The Labute approximate surface area is 158 Å². The molecule has 2 aromatic carbocycles. The van der Waals surface area contributed by atoms with Gasteiger partial charge in [-0.1, -0.05) is 68.4 Å². The van der Waals surface area contributed by atoms with E-state index in [1.807, 2.05) is 57.2 Å². The topological polar surface area (TPSA) is 43.1 Å². The number of ketones is 1. The van der Waals surface area contributed by atoms with Gasteiger partial charge in [0.05, 0.1) is 11.8 Å². The van der Waals surface area contributed by atoms with E-state index in [0.717, 1.165) is 12.0 Å². The van der Waals surface area contributed by atoms with Crippen LogP contribution in [-0.4, -0.2) is 17.2 Å². The number of hydrogen-bond donors (Lipinski definition) is 0. The van der Waals surface area contributed by atoms with E-state index in [0.29, 0.717) is 16.9 Å². The minimum absolute atomic E-state index is 0.0339. The fourth-order valence-corrected chi connectivity index (χ4v) is 3.65. The molecule has 3 nitrogen and oxygen atoms in total. The summed E-state index contributed by atoms with van der Waals surface area (Å²) in [6, 6.07) is 16.1. The molecule has 0 aliphatic rings. The quantitative estimate of drug-likeness (QED) is 0.441. The number of aromatic nitrogens is 1. The molecule has 0 N–H and O–H groups in total. The summed E-state index contributed by atoms with van der Waals surface area (Å²) in [6.07, 6.45) is 4.33. The average Bonchev–Trinajstić information content (AvgIpc) is 3.12. The standard InChI is InChI=1S/C22H23NO2S/c1-22(2,3)21-18(14-23-25-21)20(24)17-11-7-5-9-15(17)13-16-10-6-8-12-19(16)26-4/h5-12,14H,13H2,1-4H3. The summed E-state index contributed by atoms with van der Waals surface area (Å²) in [6.45, 7) is 6.06. The average molecular weight is 365 g/mol. The van der Waals surface area contributed by atoms with Gasteiger partial charge in [0.25, 0.3) is 0 Å². The van der Waals surface area contributed by atoms with Crippen LogP contribution in [0.2, 0.25) is 0 Å². The summed E-state index contributed by atoms with van der Waals surface area (Å²) in [5, 5.41) is 3.88. The van der Waals surface area contributed by atoms with Gasteiger partial charge >= 0.3 is 0 Å². The van der Waals surface area contributed by atoms with Crippen molar-refractivity contribution in [3.8, 4) is 0 Å². The summed E-state index contributed by atoms with van der Waals surface area (Å²) in [7, 11) is 0. The van der Waals surface area contributed by atoms with Crippen LogP contribution in [0.15, 0.2) is 64.1 Å². The first-order valence-corrected chi connectivity index (χ1v) is 9.84. The van der Waals surface area contributed by atoms with Crippen molar-refractivity contribution in [3.63, 3.8) is 0 Å². The van der Waals surface area contributed by atoms with Crippen molar-refractivity contribution in [2.45, 2.75) is 37.5 Å². The maximum absolute atomic E-state index is 13.2. The first-order valence-electron chi connectivity index (χ1n) is 8.61. The van der Waals surface area contributed by atoms with Crippen LogP contribution < -0.4 is 0 Å². The lowest BCUT2D eigenvalue weighted by Crippen LogP contribution is -2.16. The van der Waals surface area contributed by atoms with Crippen LogP contribution in [0, 0.1) is 0 Å². The van der Waals surface area contributed by atoms with Gasteiger partial charge in [-0.05, 0) is 29.9 Å². The lowest BCUT2D eigenvalue weighted by atomic mass is 9.87. The summed E-state index contributed by atoms with van der Waals surface area (Å²) in [5.74, 6) is 0.593. The molecule has 3 aromatic rings. The SMILES string of the molecule is CSc1ccccc1Cc1ccccc1C(=O)c1cnoc1C(C)(C)C. The molecule has 1 heterocycles. The van der Waals surface area contributed by atoms with Gasteiger partial charge in [-0.2, -0.15) is 0 Å². The van der Waals surface area contributed by atoms with E-state index in [9.17, 15) is 4.79 Å². The molecule has 0 saturated carbocycles. The summed E-state index contributed by atoms with van der Waals surface area (Å²) in [5.41, 5.74) is 3.21. The number of thioether (sulfide) groups is 1. The minimum Gasteiger partial charge on any atom is -0.360 e. The molecule has 0 bridgehead atoms. The smallest absolute Gasteiger partial charge is 0.198 e. The molecule has 134 valence electrons. The summed E-state index contributed by atoms with van der Waals surface area (Å²) in [4.78, 5) is 14.5. The van der Waals surface area contributed by atoms with Crippen LogP contribution in [0.25, 0.3) is 0 Å². The second-order valence-corrected chi connectivity index (χ2v) is 8.14. The van der Waals surface area contributed by atoms with Crippen LogP contribution in [0.3, 0.4) is 0 Å². The fraction of sp³-hybridized carbons (Fsp3) is 0.273. The Balaban J connectivity index is 2.00. The molecular formula is C22H23NO2S. The van der Waals surface area contributed by atoms with E-state index in [-0.39, 0.29) is 11.2 Å². The molecule has 0 saturated heterocycles. The number of hydrogen-bond acceptors (Lipinski definition) is 4. The van der Waals surface area contributed by atoms with Crippen molar-refractivity contribution in [3.05, 3.63) is 82.7 Å². The highest BCUT2D eigenvalue weighted by Gasteiger charge is 2.28. The molecule has 0 spiro atoms. The highest BCUT2D eigenvalue weighted by atomic mass is 32.2. The molecule has 0 amide bonds. The zero-order chi connectivity index (χ0) is 18.7. The zero-order valence-corrected chi connectivity index (χ0v) is 16.4. The third-order valence-electron chi connectivity index (χ3n) is 4.33. The second kappa shape index (κ2) is 7.50. The van der Waals surface area contributed by atoms with E-state index in [2.05, 4.69) is 23.5 Å². The summed E-state index contributed by atoms with van der Waals surface area (Å²) >= 11 is 1.72. The molecule has 26 heavy (non-hydrogen) atoms. The van der Waals surface area contributed by atoms with Crippen LogP contribution in [0.1, 0.15) is 53.6 Å². The number of rotatable bonds is 5. The van der Waals surface area contributed by atoms with Gasteiger partial charge in [0.15, 0.2) is 11.5 Å². The first-order chi connectivity index (χ1) is 12.4. The highest BCUT2D eigenvalue weighted by molar-refractivity contribution is 7.98. The molecule has 0 radical (unpaired) electrons. The number of carbonyl (C=O) groups excluding carboxylic acids is 1. The lowest BCUT2D eigenvalue weighted by Gasteiger charge is -2.16. The Bertz CT molecular complexity index is 922. The second-order valence-electron chi connectivity index (χ2n) is 7.29. The Morgan fingerprint density at radius 2 is 1.65 bits per heavy atom. The van der Waals surface area contributed by atoms with Gasteiger partial charge in [0, 0.05) is 15.9 Å². The monoisotopic (exact) mass is 365 g/mol. The highest BCUT2D eigenvalue weighted by Crippen LogP contribution is 2.29. The molecule has 0 aliphatic heterocycles. The van der Waals surface area contributed by atoms with Crippen molar-refractivity contribution < 1.29 is 9.32 Å². The minimum atomic E-state index is -0.276. The van der Waals surface area contributed by atoms with Crippen LogP contribution in [0.4, 0.5) is 0 Å². The predicted molar refractivity (Wildman–Crippen MR) is 106 cm³/mol. The Morgan fingerprint density at radius 3 is 2.35 bits per heavy atom. The Hall–Kier alpha value is -2.33. The van der Waals surface area contributed by atoms with Gasteiger partial charge in [-0.3, -0.25) is 4.79 Å². The number of carbonyl (C=O) groups is 1. The van der Waals surface area contributed by atoms with E-state index >= 15 is 0 Å². The number of benzene rings is 2. The van der Waals surface area contributed by atoms with Gasteiger partial charge in [0.1, 0.15) is 0 Å². The molecular weight excluding hydrogens is 342 g/mol. The molecule has 0 aliphatic carbocycles. The molecule has 0 atom stereocenters. The van der Waals surface area contributed by atoms with Crippen LogP contribution >= 0.6 is 11.8 Å². The van der Waals surface area contributed by atoms with Crippen molar-refractivity contribution in [1.29, 1.82) is 0 Å². The van der Waals surface area contributed by atoms with Crippen molar-refractivity contribution in [1.82, 2.24) is 5.16 Å². The van der Waals surface area contributed by atoms with Gasteiger partial charge in [0.2, 0.25) is 0 Å². The van der Waals surface area contributed by atoms with Crippen LogP contribution in [0.5, 0.6) is 0 Å².